The van der Waals surface area contributed by atoms with Crippen molar-refractivity contribution in [3.63, 3.8) is 0 Å². The standard InChI is InChI=1S/C30H25ClN2O2/c1-20-6-10-22(11-7-20)27-18-28-26-4-2-3-5-29(26)35-30(33(28)32-27)23-12-16-25(17-13-23)34-19-21-8-14-24(31)15-9-21/h2-17,28,30H,18-19H2,1H3/t28-,30-/m1/s1. The lowest BCUT2D eigenvalue weighted by Crippen LogP contribution is -2.33. The maximum atomic E-state index is 6.48. The van der Waals surface area contributed by atoms with Crippen LogP contribution in [0.15, 0.2) is 102 Å². The number of aryl methyl sites for hydroxylation is 1. The fraction of sp³-hybridized carbons (Fsp3) is 0.167. The van der Waals surface area contributed by atoms with E-state index in [1.807, 2.05) is 48.5 Å². The van der Waals surface area contributed by atoms with Gasteiger partial charge in [-0.15, -0.1) is 0 Å². The molecule has 0 saturated carbocycles. The first kappa shape index (κ1) is 21.8. The molecule has 2 atom stereocenters. The molecule has 0 saturated heterocycles. The summed E-state index contributed by atoms with van der Waals surface area (Å²) in [4.78, 5) is 0. The van der Waals surface area contributed by atoms with Gasteiger partial charge in [0.25, 0.3) is 0 Å². The van der Waals surface area contributed by atoms with Gasteiger partial charge in [-0.1, -0.05) is 71.8 Å². The molecule has 0 aliphatic carbocycles. The van der Waals surface area contributed by atoms with Crippen molar-refractivity contribution in [2.45, 2.75) is 32.2 Å². The molecule has 2 aliphatic heterocycles. The number of fused-ring (bicyclic) bond motifs is 3. The molecule has 0 spiro atoms. The van der Waals surface area contributed by atoms with E-state index >= 15 is 0 Å². The molecule has 2 aliphatic rings. The van der Waals surface area contributed by atoms with Crippen molar-refractivity contribution in [2.75, 3.05) is 0 Å². The molecule has 0 bridgehead atoms. The van der Waals surface area contributed by atoms with E-state index in [-0.39, 0.29) is 12.3 Å². The topological polar surface area (TPSA) is 34.1 Å². The predicted octanol–water partition coefficient (Wildman–Crippen LogP) is 7.47. The van der Waals surface area contributed by atoms with Crippen molar-refractivity contribution in [3.8, 4) is 11.5 Å². The number of nitrogens with zero attached hydrogens (tertiary/aromatic N) is 2. The number of hydrazone groups is 1. The highest BCUT2D eigenvalue weighted by molar-refractivity contribution is 6.30. The van der Waals surface area contributed by atoms with Crippen LogP contribution in [0.3, 0.4) is 0 Å². The van der Waals surface area contributed by atoms with Gasteiger partial charge in [0, 0.05) is 22.6 Å². The molecule has 0 unspecified atom stereocenters. The molecule has 0 aromatic heterocycles. The van der Waals surface area contributed by atoms with Crippen molar-refractivity contribution >= 4 is 17.3 Å². The van der Waals surface area contributed by atoms with Gasteiger partial charge in [0.1, 0.15) is 18.1 Å². The van der Waals surface area contributed by atoms with Crippen LogP contribution < -0.4 is 9.47 Å². The molecule has 174 valence electrons. The summed E-state index contributed by atoms with van der Waals surface area (Å²) < 4.78 is 12.5. The summed E-state index contributed by atoms with van der Waals surface area (Å²) >= 11 is 5.97. The zero-order valence-electron chi connectivity index (χ0n) is 19.4. The third kappa shape index (κ3) is 4.38. The van der Waals surface area contributed by atoms with Gasteiger partial charge in [0.2, 0.25) is 6.23 Å². The minimum absolute atomic E-state index is 0.141. The van der Waals surface area contributed by atoms with E-state index in [9.17, 15) is 0 Å². The highest BCUT2D eigenvalue weighted by Gasteiger charge is 2.40. The molecule has 0 N–H and O–H groups in total. The fourth-order valence-electron chi connectivity index (χ4n) is 4.65. The summed E-state index contributed by atoms with van der Waals surface area (Å²) in [5.41, 5.74) is 6.78. The van der Waals surface area contributed by atoms with Crippen LogP contribution in [0.1, 0.15) is 46.5 Å². The number of rotatable bonds is 5. The number of benzene rings is 4. The Morgan fingerprint density at radius 2 is 1.66 bits per heavy atom. The first-order chi connectivity index (χ1) is 17.1. The number of halogens is 1. The van der Waals surface area contributed by atoms with E-state index in [2.05, 4.69) is 60.5 Å². The Kier molecular flexibility index (Phi) is 5.67. The third-order valence-electron chi connectivity index (χ3n) is 6.57. The molecule has 0 radical (unpaired) electrons. The molecule has 2 heterocycles. The van der Waals surface area contributed by atoms with Gasteiger partial charge >= 0.3 is 0 Å². The van der Waals surface area contributed by atoms with Crippen LogP contribution in [0.2, 0.25) is 5.02 Å². The largest absolute Gasteiger partial charge is 0.489 e. The van der Waals surface area contributed by atoms with Crippen molar-refractivity contribution in [2.24, 2.45) is 5.10 Å². The van der Waals surface area contributed by atoms with Crippen LogP contribution >= 0.6 is 11.6 Å². The minimum atomic E-state index is -0.303. The lowest BCUT2D eigenvalue weighted by Gasteiger charge is -2.38. The number of ether oxygens (including phenoxy) is 2. The Morgan fingerprint density at radius 3 is 2.43 bits per heavy atom. The third-order valence-corrected chi connectivity index (χ3v) is 6.82. The van der Waals surface area contributed by atoms with Crippen molar-refractivity contribution in [3.05, 3.63) is 130 Å². The molecule has 6 rings (SSSR count). The number of hydrogen-bond acceptors (Lipinski definition) is 4. The average molecular weight is 481 g/mol. The smallest absolute Gasteiger partial charge is 0.213 e. The van der Waals surface area contributed by atoms with Crippen molar-refractivity contribution in [1.29, 1.82) is 0 Å². The van der Waals surface area contributed by atoms with Gasteiger partial charge in [-0.25, -0.2) is 5.01 Å². The van der Waals surface area contributed by atoms with E-state index in [1.165, 1.54) is 11.1 Å². The van der Waals surface area contributed by atoms with Gasteiger partial charge in [-0.05, 0) is 60.5 Å². The van der Waals surface area contributed by atoms with E-state index in [0.717, 1.165) is 45.3 Å². The van der Waals surface area contributed by atoms with Gasteiger partial charge in [0.15, 0.2) is 0 Å². The summed E-state index contributed by atoms with van der Waals surface area (Å²) in [6.45, 7) is 2.59. The van der Waals surface area contributed by atoms with Crippen LogP contribution in [0, 0.1) is 6.92 Å². The van der Waals surface area contributed by atoms with Gasteiger partial charge in [-0.3, -0.25) is 0 Å². The molecule has 5 heteroatoms. The Labute approximate surface area is 210 Å². The van der Waals surface area contributed by atoms with E-state index in [1.54, 1.807) is 0 Å². The summed E-state index contributed by atoms with van der Waals surface area (Å²) in [6.07, 6.45) is 0.547. The van der Waals surface area contributed by atoms with Crippen LogP contribution in [-0.2, 0) is 6.61 Å². The van der Waals surface area contributed by atoms with E-state index < -0.39 is 0 Å². The lowest BCUT2D eigenvalue weighted by atomic mass is 9.95. The zero-order valence-corrected chi connectivity index (χ0v) is 20.2. The van der Waals surface area contributed by atoms with E-state index in [0.29, 0.717) is 6.61 Å². The maximum absolute atomic E-state index is 6.48. The van der Waals surface area contributed by atoms with Crippen LogP contribution in [0.4, 0.5) is 0 Å². The molecule has 4 nitrogen and oxygen atoms in total. The van der Waals surface area contributed by atoms with E-state index in [4.69, 9.17) is 26.2 Å². The predicted molar refractivity (Wildman–Crippen MR) is 139 cm³/mol. The Bertz CT molecular complexity index is 1370. The minimum Gasteiger partial charge on any atom is -0.489 e. The highest BCUT2D eigenvalue weighted by Crippen LogP contribution is 2.47. The SMILES string of the molecule is Cc1ccc(C2=NN3[C@H](C2)c2ccccc2O[C@@H]3c2ccc(OCc3ccc(Cl)cc3)cc2)cc1. The Morgan fingerprint density at radius 1 is 0.914 bits per heavy atom. The van der Waals surface area contributed by atoms with Crippen LogP contribution in [0.5, 0.6) is 11.5 Å². The molecule has 0 amide bonds. The first-order valence-electron chi connectivity index (χ1n) is 11.8. The summed E-state index contributed by atoms with van der Waals surface area (Å²) in [5.74, 6) is 1.73. The van der Waals surface area contributed by atoms with Gasteiger partial charge in [-0.2, -0.15) is 5.10 Å². The second-order valence-electron chi connectivity index (χ2n) is 9.00. The second kappa shape index (κ2) is 9.12. The molecule has 35 heavy (non-hydrogen) atoms. The normalized spacial score (nSPS) is 18.3. The molecule has 0 fully saturated rings. The molecule has 4 aromatic carbocycles. The average Bonchev–Trinajstić information content (AvgIpc) is 3.34. The lowest BCUT2D eigenvalue weighted by molar-refractivity contribution is -0.0190. The summed E-state index contributed by atoms with van der Waals surface area (Å²) in [7, 11) is 0. The Hall–Kier alpha value is -3.76. The molecular formula is C30H25ClN2O2. The summed E-state index contributed by atoms with van der Waals surface area (Å²) in [5, 5.41) is 7.89. The molecule has 4 aromatic rings. The first-order valence-corrected chi connectivity index (χ1v) is 12.2. The quantitative estimate of drug-likeness (QED) is 0.297. The van der Waals surface area contributed by atoms with Crippen LogP contribution in [-0.4, -0.2) is 10.7 Å². The highest BCUT2D eigenvalue weighted by atomic mass is 35.5. The van der Waals surface area contributed by atoms with Crippen molar-refractivity contribution in [1.82, 2.24) is 5.01 Å². The summed E-state index contributed by atoms with van der Waals surface area (Å²) in [6, 6.07) is 32.8. The monoisotopic (exact) mass is 480 g/mol. The maximum Gasteiger partial charge on any atom is 0.213 e. The molecular weight excluding hydrogens is 456 g/mol. The fourth-order valence-corrected chi connectivity index (χ4v) is 4.78. The van der Waals surface area contributed by atoms with Crippen molar-refractivity contribution < 1.29 is 9.47 Å². The van der Waals surface area contributed by atoms with Gasteiger partial charge < -0.3 is 9.47 Å². The Balaban J connectivity index is 1.26. The number of hydrogen-bond donors (Lipinski definition) is 0. The van der Waals surface area contributed by atoms with Gasteiger partial charge in [0.05, 0.1) is 11.8 Å². The second-order valence-corrected chi connectivity index (χ2v) is 9.44. The number of para-hydroxylation sites is 1. The zero-order chi connectivity index (χ0) is 23.8. The van der Waals surface area contributed by atoms with Crippen LogP contribution in [0.25, 0.3) is 0 Å².